The maximum atomic E-state index is 5.32. The number of para-hydroxylation sites is 2. The van der Waals surface area contributed by atoms with Gasteiger partial charge in [-0.1, -0.05) is 126 Å². The van der Waals surface area contributed by atoms with Crippen LogP contribution in [-0.2, 0) is 10.8 Å². The molecule has 3 heteroatoms. The number of H-pyrrole nitrogens is 1. The quantitative estimate of drug-likeness (QED) is 0.223. The molecule has 0 spiro atoms. The molecule has 0 saturated heterocycles. The van der Waals surface area contributed by atoms with Gasteiger partial charge in [-0.05, 0) is 63.4 Å². The van der Waals surface area contributed by atoms with Crippen molar-refractivity contribution >= 4 is 21.8 Å². The summed E-state index contributed by atoms with van der Waals surface area (Å²) in [5.74, 6) is 0. The molecule has 1 N–H and O–H groups in total. The van der Waals surface area contributed by atoms with Crippen molar-refractivity contribution in [2.75, 3.05) is 0 Å². The number of aromatic amines is 1. The summed E-state index contributed by atoms with van der Waals surface area (Å²) in [6, 6.07) is 41.1. The number of hydrogen-bond acceptors (Lipinski definition) is 2. The molecule has 7 aromatic rings. The lowest BCUT2D eigenvalue weighted by Crippen LogP contribution is -2.12. The van der Waals surface area contributed by atoms with E-state index in [0.717, 1.165) is 50.4 Å². The first-order valence-electron chi connectivity index (χ1n) is 15.8. The van der Waals surface area contributed by atoms with Gasteiger partial charge in [0.05, 0.1) is 28.1 Å². The van der Waals surface area contributed by atoms with Gasteiger partial charge in [-0.3, -0.25) is 4.98 Å². The highest BCUT2D eigenvalue weighted by Gasteiger charge is 2.21. The average molecular weight is 586 g/mol. The predicted octanol–water partition coefficient (Wildman–Crippen LogP) is 11.4. The lowest BCUT2D eigenvalue weighted by molar-refractivity contribution is 0.589. The highest BCUT2D eigenvalue weighted by atomic mass is 14.8. The van der Waals surface area contributed by atoms with Crippen molar-refractivity contribution in [3.05, 3.63) is 133 Å². The minimum atomic E-state index is -0.0367. The molecule has 0 aliphatic rings. The Morgan fingerprint density at radius 3 is 1.73 bits per heavy atom. The Morgan fingerprint density at radius 2 is 1.07 bits per heavy atom. The molecule has 222 valence electrons. The normalized spacial score (nSPS) is 12.2. The standard InChI is InChI=1S/C42H39N3/c1-41(2,3)30-16-10-15-29(23-30)36-25-31(42(4,5)6)26-38(44-36)35-20-12-18-33-32-17-11-19-34(39(32)45-40(33)35)37-24-28(21-22-43-37)27-13-8-7-9-14-27/h7-26,45H,1-6H3. The van der Waals surface area contributed by atoms with Crippen molar-refractivity contribution in [3.8, 4) is 44.9 Å². The molecular formula is C42H39N3. The van der Waals surface area contributed by atoms with Crippen LogP contribution in [0.2, 0.25) is 0 Å². The van der Waals surface area contributed by atoms with Gasteiger partial charge in [0.2, 0.25) is 0 Å². The van der Waals surface area contributed by atoms with Crippen LogP contribution >= 0.6 is 0 Å². The van der Waals surface area contributed by atoms with E-state index in [4.69, 9.17) is 9.97 Å². The Morgan fingerprint density at radius 1 is 0.467 bits per heavy atom. The molecule has 4 aromatic carbocycles. The van der Waals surface area contributed by atoms with Crippen LogP contribution in [0.4, 0.5) is 0 Å². The third-order valence-electron chi connectivity index (χ3n) is 8.80. The number of pyridine rings is 2. The zero-order chi connectivity index (χ0) is 31.3. The SMILES string of the molecule is CC(C)(C)c1cccc(-c2cc(C(C)(C)C)cc(-c3cccc4c3[nH]c3c(-c5cc(-c6ccccc6)ccn5)cccc34)n2)c1. The van der Waals surface area contributed by atoms with Crippen LogP contribution < -0.4 is 0 Å². The predicted molar refractivity (Wildman–Crippen MR) is 191 cm³/mol. The monoisotopic (exact) mass is 585 g/mol. The summed E-state index contributed by atoms with van der Waals surface area (Å²) in [6.07, 6.45) is 1.91. The maximum Gasteiger partial charge on any atom is 0.0733 e. The van der Waals surface area contributed by atoms with Crippen LogP contribution in [0.5, 0.6) is 0 Å². The lowest BCUT2D eigenvalue weighted by Gasteiger charge is -2.22. The number of fused-ring (bicyclic) bond motifs is 3. The van der Waals surface area contributed by atoms with Gasteiger partial charge in [-0.2, -0.15) is 0 Å². The number of nitrogens with zero attached hydrogens (tertiary/aromatic N) is 2. The van der Waals surface area contributed by atoms with E-state index in [9.17, 15) is 0 Å². The molecule has 7 rings (SSSR count). The molecule has 45 heavy (non-hydrogen) atoms. The van der Waals surface area contributed by atoms with Gasteiger partial charge >= 0.3 is 0 Å². The third-order valence-corrected chi connectivity index (χ3v) is 8.80. The second-order valence-electron chi connectivity index (χ2n) is 14.1. The largest absolute Gasteiger partial charge is 0.353 e. The van der Waals surface area contributed by atoms with Crippen LogP contribution in [0.3, 0.4) is 0 Å². The van der Waals surface area contributed by atoms with Crippen molar-refractivity contribution < 1.29 is 0 Å². The summed E-state index contributed by atoms with van der Waals surface area (Å²) in [5, 5.41) is 2.36. The molecule has 0 aliphatic heterocycles. The molecular weight excluding hydrogens is 546 g/mol. The van der Waals surface area contributed by atoms with Gasteiger partial charge in [0.1, 0.15) is 0 Å². The summed E-state index contributed by atoms with van der Waals surface area (Å²) < 4.78 is 0. The van der Waals surface area contributed by atoms with E-state index in [1.165, 1.54) is 27.5 Å². The lowest BCUT2D eigenvalue weighted by atomic mass is 9.84. The maximum absolute atomic E-state index is 5.32. The molecule has 3 heterocycles. The first-order chi connectivity index (χ1) is 21.6. The Hall–Kier alpha value is -5.02. The molecule has 0 fully saturated rings. The highest BCUT2D eigenvalue weighted by Crippen LogP contribution is 2.39. The molecule has 0 amide bonds. The third kappa shape index (κ3) is 5.44. The Bertz CT molecular complexity index is 2170. The van der Waals surface area contributed by atoms with Crippen LogP contribution in [-0.4, -0.2) is 15.0 Å². The van der Waals surface area contributed by atoms with Gasteiger partial charge in [0.15, 0.2) is 0 Å². The first-order valence-corrected chi connectivity index (χ1v) is 15.8. The molecule has 3 aromatic heterocycles. The van der Waals surface area contributed by atoms with E-state index in [1.54, 1.807) is 0 Å². The highest BCUT2D eigenvalue weighted by molar-refractivity contribution is 6.15. The van der Waals surface area contributed by atoms with E-state index in [-0.39, 0.29) is 10.8 Å². The van der Waals surface area contributed by atoms with Crippen molar-refractivity contribution in [1.82, 2.24) is 15.0 Å². The summed E-state index contributed by atoms with van der Waals surface area (Å²) in [4.78, 5) is 14.0. The van der Waals surface area contributed by atoms with Crippen LogP contribution in [0.1, 0.15) is 52.7 Å². The van der Waals surface area contributed by atoms with Gasteiger partial charge in [-0.25, -0.2) is 4.98 Å². The van der Waals surface area contributed by atoms with Crippen LogP contribution in [0.25, 0.3) is 66.7 Å². The molecule has 0 atom stereocenters. The zero-order valence-electron chi connectivity index (χ0n) is 26.9. The van der Waals surface area contributed by atoms with Gasteiger partial charge in [0.25, 0.3) is 0 Å². The molecule has 0 unspecified atom stereocenters. The van der Waals surface area contributed by atoms with E-state index in [0.29, 0.717) is 0 Å². The molecule has 3 nitrogen and oxygen atoms in total. The minimum absolute atomic E-state index is 0.0367. The van der Waals surface area contributed by atoms with Crippen LogP contribution in [0, 0.1) is 0 Å². The average Bonchev–Trinajstić information content (AvgIpc) is 3.43. The Balaban J connectivity index is 1.41. The number of hydrogen-bond donors (Lipinski definition) is 1. The topological polar surface area (TPSA) is 41.6 Å². The van der Waals surface area contributed by atoms with Crippen molar-refractivity contribution in [2.24, 2.45) is 0 Å². The second-order valence-corrected chi connectivity index (χ2v) is 14.1. The molecule has 0 bridgehead atoms. The summed E-state index contributed by atoms with van der Waals surface area (Å²) in [5.41, 5.74) is 13.4. The fourth-order valence-corrected chi connectivity index (χ4v) is 6.16. The van der Waals surface area contributed by atoms with Crippen molar-refractivity contribution in [1.29, 1.82) is 0 Å². The summed E-state index contributed by atoms with van der Waals surface area (Å²) >= 11 is 0. The van der Waals surface area contributed by atoms with E-state index >= 15 is 0 Å². The van der Waals surface area contributed by atoms with Gasteiger partial charge < -0.3 is 4.98 Å². The number of benzene rings is 4. The van der Waals surface area contributed by atoms with Crippen LogP contribution in [0.15, 0.2) is 121 Å². The zero-order valence-corrected chi connectivity index (χ0v) is 26.9. The fraction of sp³-hybridized carbons (Fsp3) is 0.190. The number of rotatable bonds is 4. The van der Waals surface area contributed by atoms with Gasteiger partial charge in [0, 0.05) is 33.7 Å². The Kier molecular flexibility index (Phi) is 6.93. The van der Waals surface area contributed by atoms with Crippen molar-refractivity contribution in [3.63, 3.8) is 0 Å². The summed E-state index contributed by atoms with van der Waals surface area (Å²) in [6.45, 7) is 13.6. The first kappa shape index (κ1) is 28.7. The molecule has 0 radical (unpaired) electrons. The van der Waals surface area contributed by atoms with E-state index in [2.05, 4.69) is 156 Å². The summed E-state index contributed by atoms with van der Waals surface area (Å²) in [7, 11) is 0. The van der Waals surface area contributed by atoms with E-state index < -0.39 is 0 Å². The number of aromatic nitrogens is 3. The fourth-order valence-electron chi connectivity index (χ4n) is 6.16. The molecule has 0 aliphatic carbocycles. The van der Waals surface area contributed by atoms with Crippen molar-refractivity contribution in [2.45, 2.75) is 52.4 Å². The molecule has 0 saturated carbocycles. The second kappa shape index (κ2) is 10.9. The minimum Gasteiger partial charge on any atom is -0.353 e. The van der Waals surface area contributed by atoms with Gasteiger partial charge in [-0.15, -0.1) is 0 Å². The number of nitrogens with one attached hydrogen (secondary N) is 1. The smallest absolute Gasteiger partial charge is 0.0733 e. The Labute approximate surface area is 266 Å². The van der Waals surface area contributed by atoms with E-state index in [1.807, 2.05) is 12.3 Å².